The van der Waals surface area contributed by atoms with E-state index in [1.165, 1.54) is 0 Å². The van der Waals surface area contributed by atoms with Crippen molar-refractivity contribution in [3.8, 4) is 0 Å². The van der Waals surface area contributed by atoms with Gasteiger partial charge >= 0.3 is 6.03 Å². The molecule has 0 atom stereocenters. The number of hydrogen-bond donors (Lipinski definition) is 1. The fourth-order valence-electron chi connectivity index (χ4n) is 2.70. The Morgan fingerprint density at radius 3 is 2.44 bits per heavy atom. The summed E-state index contributed by atoms with van der Waals surface area (Å²) in [6.07, 6.45) is 1.69. The Hall–Kier alpha value is -2.98. The molecule has 3 aromatic carbocycles. The van der Waals surface area contributed by atoms with Crippen LogP contribution in [0.15, 0.2) is 85.5 Å². The van der Waals surface area contributed by atoms with E-state index in [0.717, 1.165) is 22.0 Å². The van der Waals surface area contributed by atoms with Crippen LogP contribution in [-0.4, -0.2) is 17.6 Å². The number of fused-ring (bicyclic) bond motifs is 1. The van der Waals surface area contributed by atoms with Crippen LogP contribution in [-0.2, 0) is 0 Å². The zero-order chi connectivity index (χ0) is 17.6. The summed E-state index contributed by atoms with van der Waals surface area (Å²) in [6, 6.07) is 23.0. The highest BCUT2D eigenvalue weighted by Crippen LogP contribution is 2.19. The Morgan fingerprint density at radius 1 is 1.00 bits per heavy atom. The Bertz CT molecular complexity index is 916. The van der Waals surface area contributed by atoms with Crippen molar-refractivity contribution in [3.63, 3.8) is 0 Å². The van der Waals surface area contributed by atoms with Gasteiger partial charge in [-0.3, -0.25) is 10.2 Å². The first-order valence-electron chi connectivity index (χ1n) is 7.97. The third-order valence-corrected chi connectivity index (χ3v) is 4.20. The van der Waals surface area contributed by atoms with Crippen LogP contribution < -0.4 is 10.2 Å². The van der Waals surface area contributed by atoms with E-state index >= 15 is 0 Å². The molecule has 2 amide bonds. The topological polar surface area (TPSA) is 32.3 Å². The first-order chi connectivity index (χ1) is 12.2. The molecule has 3 nitrogen and oxygen atoms in total. The second kappa shape index (κ2) is 7.73. The number of anilines is 1. The first-order valence-corrected chi connectivity index (χ1v) is 8.38. The van der Waals surface area contributed by atoms with Crippen molar-refractivity contribution in [2.75, 3.05) is 11.4 Å². The van der Waals surface area contributed by atoms with Gasteiger partial charge in [-0.2, -0.15) is 0 Å². The molecule has 0 saturated carbocycles. The van der Waals surface area contributed by atoms with Gasteiger partial charge in [-0.1, -0.05) is 79.0 Å². The minimum absolute atomic E-state index is 0.274. The van der Waals surface area contributed by atoms with Gasteiger partial charge in [-0.15, -0.1) is 6.58 Å². The normalized spacial score (nSPS) is 10.2. The Balaban J connectivity index is 1.86. The quantitative estimate of drug-likeness (QED) is 0.537. The number of nitrogens with one attached hydrogen (secondary N) is 1. The monoisotopic (exact) mass is 346 g/mol. The maximum Gasteiger partial charge on any atom is 0.327 e. The summed E-state index contributed by atoms with van der Waals surface area (Å²) >= 11 is 5.49. The number of carbonyl (C=O) groups is 1. The van der Waals surface area contributed by atoms with Crippen LogP contribution in [0.2, 0.25) is 0 Å². The van der Waals surface area contributed by atoms with Crippen LogP contribution in [0.5, 0.6) is 0 Å². The number of rotatable bonds is 4. The van der Waals surface area contributed by atoms with Gasteiger partial charge in [0.1, 0.15) is 4.99 Å². The van der Waals surface area contributed by atoms with Crippen molar-refractivity contribution in [2.24, 2.45) is 0 Å². The number of nitrogens with zero attached hydrogens (tertiary/aromatic N) is 1. The van der Waals surface area contributed by atoms with Crippen LogP contribution in [0.4, 0.5) is 10.5 Å². The SMILES string of the molecule is C=CCN(C(=O)NC(=S)c1cccc2ccccc12)c1ccccc1. The van der Waals surface area contributed by atoms with Crippen molar-refractivity contribution < 1.29 is 4.79 Å². The number of amides is 2. The van der Waals surface area contributed by atoms with E-state index in [2.05, 4.69) is 11.9 Å². The maximum atomic E-state index is 12.7. The zero-order valence-corrected chi connectivity index (χ0v) is 14.5. The molecule has 124 valence electrons. The van der Waals surface area contributed by atoms with Crippen LogP contribution in [0.1, 0.15) is 5.56 Å². The molecule has 25 heavy (non-hydrogen) atoms. The summed E-state index contributed by atoms with van der Waals surface area (Å²) in [4.78, 5) is 14.7. The molecule has 0 saturated heterocycles. The average molecular weight is 346 g/mol. The van der Waals surface area contributed by atoms with Crippen molar-refractivity contribution in [1.82, 2.24) is 5.32 Å². The van der Waals surface area contributed by atoms with Crippen LogP contribution >= 0.6 is 12.2 Å². The van der Waals surface area contributed by atoms with Crippen molar-refractivity contribution >= 4 is 39.7 Å². The molecule has 0 bridgehead atoms. The van der Waals surface area contributed by atoms with Gasteiger partial charge in [0.25, 0.3) is 0 Å². The summed E-state index contributed by atoms with van der Waals surface area (Å²) in [5, 5.41) is 4.95. The standard InChI is InChI=1S/C21H18N2OS/c1-2-15-23(17-11-4-3-5-12-17)21(24)22-20(25)19-14-8-10-16-9-6-7-13-18(16)19/h2-14H,1,15H2,(H,22,24,25). The second-order valence-corrected chi connectivity index (χ2v) is 5.93. The molecular weight excluding hydrogens is 328 g/mol. The largest absolute Gasteiger partial charge is 0.327 e. The molecule has 0 unspecified atom stereocenters. The van der Waals surface area contributed by atoms with Gasteiger partial charge in [-0.25, -0.2) is 4.79 Å². The molecule has 0 heterocycles. The van der Waals surface area contributed by atoms with E-state index in [1.807, 2.05) is 72.8 Å². The maximum absolute atomic E-state index is 12.7. The van der Waals surface area contributed by atoms with E-state index in [-0.39, 0.29) is 6.03 Å². The first kappa shape index (κ1) is 16.9. The molecule has 0 aliphatic heterocycles. The highest BCUT2D eigenvalue weighted by molar-refractivity contribution is 7.80. The van der Waals surface area contributed by atoms with E-state index in [9.17, 15) is 4.79 Å². The van der Waals surface area contributed by atoms with E-state index in [4.69, 9.17) is 12.2 Å². The molecule has 0 spiro atoms. The summed E-state index contributed by atoms with van der Waals surface area (Å²) in [7, 11) is 0. The fraction of sp³-hybridized carbons (Fsp3) is 0.0476. The molecule has 0 aliphatic carbocycles. The lowest BCUT2D eigenvalue weighted by molar-refractivity contribution is 0.251. The molecule has 0 aromatic heterocycles. The van der Waals surface area contributed by atoms with Crippen molar-refractivity contribution in [2.45, 2.75) is 0 Å². The van der Waals surface area contributed by atoms with Gasteiger partial charge < -0.3 is 0 Å². The number of hydrogen-bond acceptors (Lipinski definition) is 2. The fourth-order valence-corrected chi connectivity index (χ4v) is 2.96. The second-order valence-electron chi connectivity index (χ2n) is 5.52. The van der Waals surface area contributed by atoms with Gasteiger partial charge in [0.15, 0.2) is 0 Å². The smallest absolute Gasteiger partial charge is 0.298 e. The number of carbonyl (C=O) groups excluding carboxylic acids is 1. The van der Waals surface area contributed by atoms with Gasteiger partial charge in [0, 0.05) is 17.8 Å². The third-order valence-electron chi connectivity index (χ3n) is 3.88. The highest BCUT2D eigenvalue weighted by atomic mass is 32.1. The summed E-state index contributed by atoms with van der Waals surface area (Å²) < 4.78 is 0. The average Bonchev–Trinajstić information content (AvgIpc) is 2.66. The molecule has 0 fully saturated rings. The summed E-state index contributed by atoms with van der Waals surface area (Å²) in [5.41, 5.74) is 1.63. The molecule has 1 N–H and O–H groups in total. The molecule has 3 rings (SSSR count). The van der Waals surface area contributed by atoms with Crippen molar-refractivity contribution in [3.05, 3.63) is 91.0 Å². The molecule has 0 radical (unpaired) electrons. The van der Waals surface area contributed by atoms with Crippen molar-refractivity contribution in [1.29, 1.82) is 0 Å². The Morgan fingerprint density at radius 2 is 1.68 bits per heavy atom. The lowest BCUT2D eigenvalue weighted by Crippen LogP contribution is -2.42. The van der Waals surface area contributed by atoms with Gasteiger partial charge in [-0.05, 0) is 22.9 Å². The lowest BCUT2D eigenvalue weighted by atomic mass is 10.0. The van der Waals surface area contributed by atoms with Crippen LogP contribution in [0.3, 0.4) is 0 Å². The van der Waals surface area contributed by atoms with Crippen LogP contribution in [0, 0.1) is 0 Å². The Kier molecular flexibility index (Phi) is 5.21. The number of thiocarbonyl (C=S) groups is 1. The minimum Gasteiger partial charge on any atom is -0.298 e. The third kappa shape index (κ3) is 3.75. The summed E-state index contributed by atoms with van der Waals surface area (Å²) in [6.45, 7) is 4.13. The van der Waals surface area contributed by atoms with E-state index < -0.39 is 0 Å². The predicted octanol–water partition coefficient (Wildman–Crippen LogP) is 4.92. The molecule has 4 heteroatoms. The molecule has 0 aliphatic rings. The van der Waals surface area contributed by atoms with E-state index in [0.29, 0.717) is 11.5 Å². The van der Waals surface area contributed by atoms with E-state index in [1.54, 1.807) is 11.0 Å². The lowest BCUT2D eigenvalue weighted by Gasteiger charge is -2.22. The predicted molar refractivity (Wildman–Crippen MR) is 108 cm³/mol. The van der Waals surface area contributed by atoms with Gasteiger partial charge in [0.05, 0.1) is 0 Å². The van der Waals surface area contributed by atoms with Gasteiger partial charge in [0.2, 0.25) is 0 Å². The molecular formula is C21H18N2OS. The number of para-hydroxylation sites is 1. The number of urea groups is 1. The number of benzene rings is 3. The molecule has 3 aromatic rings. The zero-order valence-electron chi connectivity index (χ0n) is 13.7. The minimum atomic E-state index is -0.274. The van der Waals surface area contributed by atoms with Crippen LogP contribution in [0.25, 0.3) is 10.8 Å². The highest BCUT2D eigenvalue weighted by Gasteiger charge is 2.16. The Labute approximate surface area is 152 Å². The summed E-state index contributed by atoms with van der Waals surface area (Å²) in [5.74, 6) is 0.